The normalized spacial score (nSPS) is 11.1. The molecule has 0 radical (unpaired) electrons. The van der Waals surface area contributed by atoms with Crippen molar-refractivity contribution in [3.63, 3.8) is 0 Å². The predicted octanol–water partition coefficient (Wildman–Crippen LogP) is 4.90. The minimum absolute atomic E-state index is 0.225. The highest BCUT2D eigenvalue weighted by atomic mass is 79.9. The molecule has 0 amide bonds. The molecule has 3 heteroatoms. The lowest BCUT2D eigenvalue weighted by molar-refractivity contribution is 0.619. The lowest BCUT2D eigenvalue weighted by Crippen LogP contribution is -1.98. The van der Waals surface area contributed by atoms with E-state index in [4.69, 9.17) is 0 Å². The number of fused-ring (bicyclic) bond motifs is 1. The number of hydrogen-bond acceptors (Lipinski definition) is 0. The molecule has 3 aromatic rings. The Morgan fingerprint density at radius 1 is 1.11 bits per heavy atom. The SMILES string of the molecule is Cc1ccc2c(ccn2Cc2ccc(F)c(Br)c2)c1. The second-order valence-corrected chi connectivity index (χ2v) is 5.61. The molecule has 0 spiro atoms. The second-order valence-electron chi connectivity index (χ2n) is 4.75. The molecule has 0 bridgehead atoms. The van der Waals surface area contributed by atoms with Crippen LogP contribution in [0, 0.1) is 12.7 Å². The molecular weight excluding hydrogens is 305 g/mol. The Kier molecular flexibility index (Phi) is 3.15. The van der Waals surface area contributed by atoms with E-state index in [1.54, 1.807) is 0 Å². The van der Waals surface area contributed by atoms with Gasteiger partial charge in [-0.2, -0.15) is 0 Å². The highest BCUT2D eigenvalue weighted by Gasteiger charge is 2.04. The van der Waals surface area contributed by atoms with E-state index in [9.17, 15) is 4.39 Å². The maximum atomic E-state index is 13.2. The molecule has 0 aliphatic carbocycles. The van der Waals surface area contributed by atoms with Crippen LogP contribution in [-0.2, 0) is 6.54 Å². The summed E-state index contributed by atoms with van der Waals surface area (Å²) in [6.45, 7) is 2.83. The number of aromatic nitrogens is 1. The van der Waals surface area contributed by atoms with Crippen molar-refractivity contribution in [2.75, 3.05) is 0 Å². The van der Waals surface area contributed by atoms with Gasteiger partial charge in [-0.15, -0.1) is 0 Å². The first-order valence-electron chi connectivity index (χ1n) is 6.13. The fourth-order valence-corrected chi connectivity index (χ4v) is 2.72. The number of aryl methyl sites for hydroxylation is 1. The topological polar surface area (TPSA) is 4.93 Å². The minimum atomic E-state index is -0.225. The van der Waals surface area contributed by atoms with Crippen LogP contribution in [0.3, 0.4) is 0 Å². The van der Waals surface area contributed by atoms with Crippen LogP contribution >= 0.6 is 15.9 Å². The molecule has 19 heavy (non-hydrogen) atoms. The molecule has 0 N–H and O–H groups in total. The van der Waals surface area contributed by atoms with Crippen molar-refractivity contribution in [1.82, 2.24) is 4.57 Å². The zero-order valence-electron chi connectivity index (χ0n) is 10.5. The van der Waals surface area contributed by atoms with E-state index in [-0.39, 0.29) is 5.82 Å². The van der Waals surface area contributed by atoms with Gasteiger partial charge in [-0.3, -0.25) is 0 Å². The number of hydrogen-bond donors (Lipinski definition) is 0. The molecule has 0 aliphatic rings. The van der Waals surface area contributed by atoms with Crippen LogP contribution in [0.2, 0.25) is 0 Å². The van der Waals surface area contributed by atoms with Gasteiger partial charge in [0.2, 0.25) is 0 Å². The molecule has 2 aromatic carbocycles. The molecule has 96 valence electrons. The molecule has 1 heterocycles. The summed E-state index contributed by atoms with van der Waals surface area (Å²) in [6.07, 6.45) is 2.07. The Hall–Kier alpha value is -1.61. The summed E-state index contributed by atoms with van der Waals surface area (Å²) in [5.41, 5.74) is 3.53. The molecule has 0 saturated carbocycles. The van der Waals surface area contributed by atoms with Gasteiger partial charge in [0.15, 0.2) is 0 Å². The number of halogens is 2. The smallest absolute Gasteiger partial charge is 0.137 e. The van der Waals surface area contributed by atoms with Crippen LogP contribution in [0.25, 0.3) is 10.9 Å². The highest BCUT2D eigenvalue weighted by Crippen LogP contribution is 2.21. The molecule has 0 atom stereocenters. The molecule has 3 rings (SSSR count). The fourth-order valence-electron chi connectivity index (χ4n) is 2.29. The van der Waals surface area contributed by atoms with E-state index in [2.05, 4.69) is 57.9 Å². The van der Waals surface area contributed by atoms with Gasteiger partial charge in [-0.25, -0.2) is 4.39 Å². The van der Waals surface area contributed by atoms with Crippen molar-refractivity contribution in [2.24, 2.45) is 0 Å². The Morgan fingerprint density at radius 3 is 2.74 bits per heavy atom. The van der Waals surface area contributed by atoms with Gasteiger partial charge in [-0.05, 0) is 64.1 Å². The molecule has 0 aliphatic heterocycles. The van der Waals surface area contributed by atoms with E-state index in [0.717, 1.165) is 12.1 Å². The van der Waals surface area contributed by atoms with Crippen LogP contribution in [0.5, 0.6) is 0 Å². The van der Waals surface area contributed by atoms with Crippen molar-refractivity contribution in [2.45, 2.75) is 13.5 Å². The summed E-state index contributed by atoms with van der Waals surface area (Å²) in [4.78, 5) is 0. The standard InChI is InChI=1S/C16H13BrFN/c1-11-2-5-16-13(8-11)6-7-19(16)10-12-3-4-15(18)14(17)9-12/h2-9H,10H2,1H3. The zero-order chi connectivity index (χ0) is 13.4. The van der Waals surface area contributed by atoms with Crippen LogP contribution in [0.1, 0.15) is 11.1 Å². The van der Waals surface area contributed by atoms with Crippen LogP contribution in [0.4, 0.5) is 4.39 Å². The molecule has 0 saturated heterocycles. The predicted molar refractivity (Wildman–Crippen MR) is 79.9 cm³/mol. The Bertz CT molecular complexity index is 746. The van der Waals surface area contributed by atoms with E-state index < -0.39 is 0 Å². The Balaban J connectivity index is 1.98. The monoisotopic (exact) mass is 317 g/mol. The van der Waals surface area contributed by atoms with E-state index in [1.807, 2.05) is 12.1 Å². The molecular formula is C16H13BrFN. The average molecular weight is 318 g/mol. The van der Waals surface area contributed by atoms with Gasteiger partial charge in [-0.1, -0.05) is 17.7 Å². The number of nitrogens with zero attached hydrogens (tertiary/aromatic N) is 1. The molecule has 1 aromatic heterocycles. The summed E-state index contributed by atoms with van der Waals surface area (Å²) in [5.74, 6) is -0.225. The van der Waals surface area contributed by atoms with Gasteiger partial charge in [0.05, 0.1) is 4.47 Å². The van der Waals surface area contributed by atoms with E-state index in [0.29, 0.717) is 4.47 Å². The zero-order valence-corrected chi connectivity index (χ0v) is 12.1. The average Bonchev–Trinajstić information content (AvgIpc) is 2.76. The summed E-state index contributed by atoms with van der Waals surface area (Å²) in [6, 6.07) is 13.7. The van der Waals surface area contributed by atoms with Crippen molar-refractivity contribution >= 4 is 26.8 Å². The van der Waals surface area contributed by atoms with Crippen LogP contribution in [-0.4, -0.2) is 4.57 Å². The summed E-state index contributed by atoms with van der Waals surface area (Å²) in [7, 11) is 0. The highest BCUT2D eigenvalue weighted by molar-refractivity contribution is 9.10. The lowest BCUT2D eigenvalue weighted by Gasteiger charge is -2.07. The summed E-state index contributed by atoms with van der Waals surface area (Å²) in [5, 5.41) is 1.24. The minimum Gasteiger partial charge on any atom is -0.343 e. The van der Waals surface area contributed by atoms with Crippen molar-refractivity contribution in [3.05, 3.63) is 70.1 Å². The van der Waals surface area contributed by atoms with Crippen LogP contribution < -0.4 is 0 Å². The Labute approximate surface area is 119 Å². The Morgan fingerprint density at radius 2 is 1.95 bits per heavy atom. The summed E-state index contributed by atoms with van der Waals surface area (Å²) >= 11 is 3.23. The third-order valence-corrected chi connectivity index (χ3v) is 3.87. The number of benzene rings is 2. The second kappa shape index (κ2) is 4.82. The van der Waals surface area contributed by atoms with Crippen LogP contribution in [0.15, 0.2) is 53.1 Å². The van der Waals surface area contributed by atoms with Gasteiger partial charge < -0.3 is 4.57 Å². The van der Waals surface area contributed by atoms with Gasteiger partial charge in [0.25, 0.3) is 0 Å². The van der Waals surface area contributed by atoms with Gasteiger partial charge in [0, 0.05) is 18.3 Å². The van der Waals surface area contributed by atoms with Crippen molar-refractivity contribution in [1.29, 1.82) is 0 Å². The molecule has 0 fully saturated rings. The van der Waals surface area contributed by atoms with Gasteiger partial charge >= 0.3 is 0 Å². The quantitative estimate of drug-likeness (QED) is 0.633. The maximum absolute atomic E-state index is 13.2. The molecule has 1 nitrogen and oxygen atoms in total. The van der Waals surface area contributed by atoms with E-state index in [1.165, 1.54) is 22.5 Å². The largest absolute Gasteiger partial charge is 0.343 e. The fraction of sp³-hybridized carbons (Fsp3) is 0.125. The first kappa shape index (κ1) is 12.4. The third-order valence-electron chi connectivity index (χ3n) is 3.26. The summed E-state index contributed by atoms with van der Waals surface area (Å²) < 4.78 is 15.9. The lowest BCUT2D eigenvalue weighted by atomic mass is 10.2. The first-order valence-corrected chi connectivity index (χ1v) is 6.92. The number of rotatable bonds is 2. The van der Waals surface area contributed by atoms with E-state index >= 15 is 0 Å². The molecule has 0 unspecified atom stereocenters. The van der Waals surface area contributed by atoms with Crippen molar-refractivity contribution in [3.8, 4) is 0 Å². The van der Waals surface area contributed by atoms with Gasteiger partial charge in [0.1, 0.15) is 5.82 Å². The van der Waals surface area contributed by atoms with Crippen molar-refractivity contribution < 1.29 is 4.39 Å². The first-order chi connectivity index (χ1) is 9.13. The maximum Gasteiger partial charge on any atom is 0.137 e. The third kappa shape index (κ3) is 2.43.